The molecule has 0 fully saturated rings. The first-order valence-corrected chi connectivity index (χ1v) is 6.18. The predicted octanol–water partition coefficient (Wildman–Crippen LogP) is 2.55. The van der Waals surface area contributed by atoms with Crippen molar-refractivity contribution in [2.24, 2.45) is 0 Å². The molecule has 4 nitrogen and oxygen atoms in total. The van der Waals surface area contributed by atoms with Gasteiger partial charge in [0.25, 0.3) is 0 Å². The number of carboxylic acid groups (broad SMARTS) is 1. The quantitative estimate of drug-likeness (QED) is 0.932. The second-order valence-electron chi connectivity index (χ2n) is 3.90. The lowest BCUT2D eigenvalue weighted by atomic mass is 10.0. The number of rotatable bonds is 3. The molecule has 0 aliphatic carbocycles. The number of aliphatic carboxylic acids is 1. The second-order valence-corrected chi connectivity index (χ2v) is 4.70. The number of benzene rings is 1. The van der Waals surface area contributed by atoms with E-state index in [-0.39, 0.29) is 6.42 Å². The summed E-state index contributed by atoms with van der Waals surface area (Å²) in [5.41, 5.74) is 1.99. The molecule has 1 aromatic carbocycles. The molecule has 0 spiro atoms. The van der Waals surface area contributed by atoms with Crippen LogP contribution in [-0.4, -0.2) is 24.3 Å². The number of aryl methyl sites for hydroxylation is 1. The molecule has 0 atom stereocenters. The van der Waals surface area contributed by atoms with Gasteiger partial charge in [-0.25, -0.2) is 0 Å². The lowest BCUT2D eigenvalue weighted by Gasteiger charge is -2.22. The molecular formula is C12H13BrO4. The van der Waals surface area contributed by atoms with Crippen LogP contribution in [0.15, 0.2) is 10.5 Å². The minimum Gasteiger partial charge on any atom is -0.486 e. The Labute approximate surface area is 108 Å². The molecule has 0 saturated carbocycles. The average Bonchev–Trinajstić information content (AvgIpc) is 2.28. The number of hydrogen-bond donors (Lipinski definition) is 1. The molecule has 17 heavy (non-hydrogen) atoms. The van der Waals surface area contributed by atoms with Gasteiger partial charge < -0.3 is 14.6 Å². The van der Waals surface area contributed by atoms with E-state index in [4.69, 9.17) is 14.6 Å². The highest BCUT2D eigenvalue weighted by atomic mass is 79.9. The van der Waals surface area contributed by atoms with E-state index in [2.05, 4.69) is 15.9 Å². The fraction of sp³-hybridized carbons (Fsp3) is 0.417. The maximum atomic E-state index is 10.6. The summed E-state index contributed by atoms with van der Waals surface area (Å²) in [4.78, 5) is 10.6. The molecule has 0 amide bonds. The average molecular weight is 301 g/mol. The molecule has 1 aliphatic heterocycles. The van der Waals surface area contributed by atoms with Crippen molar-refractivity contribution in [1.82, 2.24) is 0 Å². The first kappa shape index (κ1) is 12.2. The van der Waals surface area contributed by atoms with Crippen molar-refractivity contribution in [2.75, 3.05) is 13.2 Å². The lowest BCUT2D eigenvalue weighted by Crippen LogP contribution is -2.16. The first-order chi connectivity index (χ1) is 8.09. The number of hydrogen-bond acceptors (Lipinski definition) is 3. The van der Waals surface area contributed by atoms with E-state index in [1.807, 2.05) is 13.0 Å². The predicted molar refractivity (Wildman–Crippen MR) is 65.8 cm³/mol. The minimum atomic E-state index is -0.800. The van der Waals surface area contributed by atoms with Crippen LogP contribution in [0.25, 0.3) is 0 Å². The third kappa shape index (κ3) is 2.54. The molecule has 0 bridgehead atoms. The van der Waals surface area contributed by atoms with Crippen molar-refractivity contribution < 1.29 is 19.4 Å². The summed E-state index contributed by atoms with van der Waals surface area (Å²) in [6.45, 7) is 3.01. The standard InChI is InChI=1S/C12H13BrO4/c1-7-6-9-12(17-5-4-16-9)11(13)8(7)2-3-10(14)15/h6H,2-5H2,1H3,(H,14,15). The van der Waals surface area contributed by atoms with Gasteiger partial charge in [-0.3, -0.25) is 4.79 Å². The van der Waals surface area contributed by atoms with Crippen molar-refractivity contribution in [1.29, 1.82) is 0 Å². The molecule has 0 aromatic heterocycles. The van der Waals surface area contributed by atoms with Crippen LogP contribution in [0.1, 0.15) is 17.5 Å². The fourth-order valence-corrected chi connectivity index (χ4v) is 2.66. The van der Waals surface area contributed by atoms with Crippen LogP contribution in [0.2, 0.25) is 0 Å². The molecule has 0 saturated heterocycles. The van der Waals surface area contributed by atoms with Crippen molar-refractivity contribution in [3.8, 4) is 11.5 Å². The Kier molecular flexibility index (Phi) is 3.57. The zero-order chi connectivity index (χ0) is 12.4. The normalized spacial score (nSPS) is 13.5. The largest absolute Gasteiger partial charge is 0.486 e. The van der Waals surface area contributed by atoms with Crippen LogP contribution in [-0.2, 0) is 11.2 Å². The van der Waals surface area contributed by atoms with Gasteiger partial charge in [0, 0.05) is 6.42 Å². The molecule has 5 heteroatoms. The second kappa shape index (κ2) is 4.96. The van der Waals surface area contributed by atoms with Gasteiger partial charge in [-0.2, -0.15) is 0 Å². The number of carbonyl (C=O) groups is 1. The zero-order valence-electron chi connectivity index (χ0n) is 9.46. The van der Waals surface area contributed by atoms with E-state index in [0.717, 1.165) is 21.3 Å². The Morgan fingerprint density at radius 3 is 2.88 bits per heavy atom. The Morgan fingerprint density at radius 1 is 1.47 bits per heavy atom. The summed E-state index contributed by atoms with van der Waals surface area (Å²) in [6, 6.07) is 1.90. The highest BCUT2D eigenvalue weighted by molar-refractivity contribution is 9.10. The maximum absolute atomic E-state index is 10.6. The molecule has 2 rings (SSSR count). The van der Waals surface area contributed by atoms with Gasteiger partial charge >= 0.3 is 5.97 Å². The molecule has 1 N–H and O–H groups in total. The highest BCUT2D eigenvalue weighted by Crippen LogP contribution is 2.41. The number of ether oxygens (including phenoxy) is 2. The van der Waals surface area contributed by atoms with Gasteiger partial charge in [0.2, 0.25) is 0 Å². The van der Waals surface area contributed by atoms with Crippen LogP contribution >= 0.6 is 15.9 Å². The summed E-state index contributed by atoms with van der Waals surface area (Å²) >= 11 is 3.47. The highest BCUT2D eigenvalue weighted by Gasteiger charge is 2.20. The van der Waals surface area contributed by atoms with E-state index in [1.54, 1.807) is 0 Å². The monoisotopic (exact) mass is 300 g/mol. The Hall–Kier alpha value is -1.23. The third-order valence-corrected chi connectivity index (χ3v) is 3.53. The minimum absolute atomic E-state index is 0.110. The Bertz CT molecular complexity index is 456. The molecule has 0 radical (unpaired) electrons. The Morgan fingerprint density at radius 2 is 2.18 bits per heavy atom. The van der Waals surface area contributed by atoms with Gasteiger partial charge in [0.15, 0.2) is 11.5 Å². The van der Waals surface area contributed by atoms with E-state index < -0.39 is 5.97 Å². The number of halogens is 1. The summed E-state index contributed by atoms with van der Waals surface area (Å²) in [7, 11) is 0. The lowest BCUT2D eigenvalue weighted by molar-refractivity contribution is -0.136. The summed E-state index contributed by atoms with van der Waals surface area (Å²) in [5, 5.41) is 8.72. The molecular weight excluding hydrogens is 288 g/mol. The van der Waals surface area contributed by atoms with Crippen molar-refractivity contribution >= 4 is 21.9 Å². The van der Waals surface area contributed by atoms with Gasteiger partial charge in [-0.15, -0.1) is 0 Å². The van der Waals surface area contributed by atoms with Crippen LogP contribution in [0.5, 0.6) is 11.5 Å². The molecule has 1 heterocycles. The van der Waals surface area contributed by atoms with E-state index in [0.29, 0.717) is 25.4 Å². The molecule has 92 valence electrons. The van der Waals surface area contributed by atoms with Gasteiger partial charge in [-0.1, -0.05) is 0 Å². The first-order valence-electron chi connectivity index (χ1n) is 5.39. The summed E-state index contributed by atoms with van der Waals surface area (Å²) < 4.78 is 11.8. The molecule has 0 unspecified atom stereocenters. The van der Waals surface area contributed by atoms with Gasteiger partial charge in [0.05, 0.1) is 4.47 Å². The van der Waals surface area contributed by atoms with E-state index in [9.17, 15) is 4.79 Å². The van der Waals surface area contributed by atoms with Crippen molar-refractivity contribution in [2.45, 2.75) is 19.8 Å². The summed E-state index contributed by atoms with van der Waals surface area (Å²) in [5.74, 6) is 0.605. The van der Waals surface area contributed by atoms with Crippen LogP contribution < -0.4 is 9.47 Å². The SMILES string of the molecule is Cc1cc2c(c(Br)c1CCC(=O)O)OCCO2. The Balaban J connectivity index is 2.35. The summed E-state index contributed by atoms with van der Waals surface area (Å²) in [6.07, 6.45) is 0.595. The maximum Gasteiger partial charge on any atom is 0.303 e. The van der Waals surface area contributed by atoms with Crippen LogP contribution in [0.4, 0.5) is 0 Å². The number of fused-ring (bicyclic) bond motifs is 1. The van der Waals surface area contributed by atoms with E-state index in [1.165, 1.54) is 0 Å². The van der Waals surface area contributed by atoms with Crippen LogP contribution in [0.3, 0.4) is 0 Å². The van der Waals surface area contributed by atoms with Gasteiger partial charge in [-0.05, 0) is 46.5 Å². The fourth-order valence-electron chi connectivity index (χ4n) is 1.84. The van der Waals surface area contributed by atoms with Crippen molar-refractivity contribution in [3.05, 3.63) is 21.7 Å². The number of carboxylic acids is 1. The molecule has 1 aliphatic rings. The smallest absolute Gasteiger partial charge is 0.303 e. The third-order valence-electron chi connectivity index (χ3n) is 2.69. The topological polar surface area (TPSA) is 55.8 Å². The zero-order valence-corrected chi connectivity index (χ0v) is 11.0. The van der Waals surface area contributed by atoms with E-state index >= 15 is 0 Å². The molecule has 1 aromatic rings. The van der Waals surface area contributed by atoms with Gasteiger partial charge in [0.1, 0.15) is 13.2 Å². The van der Waals surface area contributed by atoms with Crippen LogP contribution in [0, 0.1) is 6.92 Å². The van der Waals surface area contributed by atoms with Crippen molar-refractivity contribution in [3.63, 3.8) is 0 Å².